The zero-order chi connectivity index (χ0) is 15.1. The third-order valence-electron chi connectivity index (χ3n) is 2.75. The third kappa shape index (κ3) is 5.24. The van der Waals surface area contributed by atoms with E-state index in [1.165, 1.54) is 11.8 Å². The minimum absolute atomic E-state index is 0.0113. The molecule has 0 aliphatic rings. The van der Waals surface area contributed by atoms with Crippen molar-refractivity contribution in [2.45, 2.75) is 10.6 Å². The van der Waals surface area contributed by atoms with Crippen molar-refractivity contribution in [2.24, 2.45) is 0 Å². The predicted molar refractivity (Wildman–Crippen MR) is 85.2 cm³/mol. The highest BCUT2D eigenvalue weighted by atomic mass is 32.2. The van der Waals surface area contributed by atoms with Crippen molar-refractivity contribution in [3.8, 4) is 0 Å². The zero-order valence-electron chi connectivity index (χ0n) is 11.2. The first kappa shape index (κ1) is 15.6. The minimum atomic E-state index is -0.937. The number of carboxylic acid groups (broad SMARTS) is 1. The summed E-state index contributed by atoms with van der Waals surface area (Å²) in [7, 11) is 0. The number of aromatic carboxylic acids is 1. The molecule has 0 aliphatic carbocycles. The van der Waals surface area contributed by atoms with Gasteiger partial charge in [0.25, 0.3) is 0 Å². The Bertz CT molecular complexity index is 611. The van der Waals surface area contributed by atoms with Gasteiger partial charge >= 0.3 is 5.97 Å². The van der Waals surface area contributed by atoms with Crippen molar-refractivity contribution in [1.82, 2.24) is 5.32 Å². The second-order valence-corrected chi connectivity index (χ2v) is 6.55. The van der Waals surface area contributed by atoms with Gasteiger partial charge in [0.1, 0.15) is 0 Å². The number of benzene rings is 1. The van der Waals surface area contributed by atoms with E-state index in [4.69, 9.17) is 5.11 Å². The molecule has 6 heteroatoms. The van der Waals surface area contributed by atoms with Crippen molar-refractivity contribution in [1.29, 1.82) is 0 Å². The molecule has 0 aliphatic heterocycles. The molecule has 2 aromatic rings. The van der Waals surface area contributed by atoms with Gasteiger partial charge in [-0.25, -0.2) is 4.79 Å². The van der Waals surface area contributed by atoms with Gasteiger partial charge in [-0.2, -0.15) is 0 Å². The molecular formula is C15H15NO3S2. The van der Waals surface area contributed by atoms with Crippen LogP contribution in [0.4, 0.5) is 0 Å². The summed E-state index contributed by atoms with van der Waals surface area (Å²) in [5.74, 6) is -0.550. The maximum Gasteiger partial charge on any atom is 0.335 e. The van der Waals surface area contributed by atoms with Crippen LogP contribution < -0.4 is 5.32 Å². The Kier molecular flexibility index (Phi) is 5.83. The lowest BCUT2D eigenvalue weighted by atomic mass is 10.1. The van der Waals surface area contributed by atoms with Crippen LogP contribution in [0.3, 0.4) is 0 Å². The molecule has 2 N–H and O–H groups in total. The lowest BCUT2D eigenvalue weighted by Crippen LogP contribution is -2.27. The number of rotatable bonds is 7. The quantitative estimate of drug-likeness (QED) is 0.770. The fourth-order valence-corrected chi connectivity index (χ4v) is 3.35. The lowest BCUT2D eigenvalue weighted by molar-refractivity contribution is -0.118. The topological polar surface area (TPSA) is 66.4 Å². The van der Waals surface area contributed by atoms with Gasteiger partial charge < -0.3 is 10.4 Å². The van der Waals surface area contributed by atoms with Crippen LogP contribution in [0.25, 0.3) is 0 Å². The van der Waals surface area contributed by atoms with Gasteiger partial charge in [-0.15, -0.1) is 23.1 Å². The molecule has 0 bridgehead atoms. The standard InChI is InChI=1S/C15H15NO3S2/c17-13(10-21-14-5-2-8-20-14)16-7-6-11-3-1-4-12(9-11)15(18)19/h1-5,8-9H,6-7,10H2,(H,16,17)(H,18,19). The highest BCUT2D eigenvalue weighted by Crippen LogP contribution is 2.22. The van der Waals surface area contributed by atoms with Crippen LogP contribution in [0.15, 0.2) is 46.0 Å². The molecule has 1 amide bonds. The largest absolute Gasteiger partial charge is 0.478 e. The molecular weight excluding hydrogens is 306 g/mol. The molecule has 4 nitrogen and oxygen atoms in total. The van der Waals surface area contributed by atoms with Crippen molar-refractivity contribution in [2.75, 3.05) is 12.3 Å². The summed E-state index contributed by atoms with van der Waals surface area (Å²) >= 11 is 3.13. The molecule has 0 saturated carbocycles. The van der Waals surface area contributed by atoms with Crippen LogP contribution >= 0.6 is 23.1 Å². The van der Waals surface area contributed by atoms with E-state index >= 15 is 0 Å². The van der Waals surface area contributed by atoms with Crippen molar-refractivity contribution in [3.63, 3.8) is 0 Å². The molecule has 1 aromatic heterocycles. The zero-order valence-corrected chi connectivity index (χ0v) is 12.9. The molecule has 2 rings (SSSR count). The summed E-state index contributed by atoms with van der Waals surface area (Å²) in [5.41, 5.74) is 1.17. The van der Waals surface area contributed by atoms with Crippen LogP contribution in [0.1, 0.15) is 15.9 Å². The Morgan fingerprint density at radius 2 is 2.10 bits per heavy atom. The molecule has 0 unspecified atom stereocenters. The SMILES string of the molecule is O=C(CSc1cccs1)NCCc1cccc(C(=O)O)c1. The molecule has 0 saturated heterocycles. The molecule has 21 heavy (non-hydrogen) atoms. The highest BCUT2D eigenvalue weighted by Gasteiger charge is 2.05. The number of hydrogen-bond donors (Lipinski definition) is 2. The van der Waals surface area contributed by atoms with E-state index in [9.17, 15) is 9.59 Å². The van der Waals surface area contributed by atoms with E-state index < -0.39 is 5.97 Å². The number of thiophene rings is 1. The summed E-state index contributed by atoms with van der Waals surface area (Å²) in [6, 6.07) is 10.7. The lowest BCUT2D eigenvalue weighted by Gasteiger charge is -2.05. The van der Waals surface area contributed by atoms with E-state index in [0.717, 1.165) is 9.77 Å². The van der Waals surface area contributed by atoms with E-state index in [2.05, 4.69) is 5.32 Å². The molecule has 0 fully saturated rings. The van der Waals surface area contributed by atoms with Crippen LogP contribution in [0.2, 0.25) is 0 Å². The Morgan fingerprint density at radius 1 is 1.24 bits per heavy atom. The highest BCUT2D eigenvalue weighted by molar-refractivity contribution is 8.01. The van der Waals surface area contributed by atoms with Crippen LogP contribution in [0, 0.1) is 0 Å². The van der Waals surface area contributed by atoms with Gasteiger partial charge in [0.2, 0.25) is 5.91 Å². The summed E-state index contributed by atoms with van der Waals surface area (Å²) in [5, 5.41) is 13.7. The van der Waals surface area contributed by atoms with Crippen molar-refractivity contribution >= 4 is 35.0 Å². The van der Waals surface area contributed by atoms with Gasteiger partial charge in [0.15, 0.2) is 0 Å². The Morgan fingerprint density at radius 3 is 2.81 bits per heavy atom. The van der Waals surface area contributed by atoms with E-state index in [1.807, 2.05) is 23.6 Å². The Labute approximate surface area is 131 Å². The molecule has 0 atom stereocenters. The summed E-state index contributed by atoms with van der Waals surface area (Å²) in [4.78, 5) is 22.5. The summed E-state index contributed by atoms with van der Waals surface area (Å²) in [6.45, 7) is 0.507. The molecule has 1 heterocycles. The summed E-state index contributed by atoms with van der Waals surface area (Å²) in [6.07, 6.45) is 0.622. The van der Waals surface area contributed by atoms with Crippen LogP contribution in [-0.4, -0.2) is 29.3 Å². The smallest absolute Gasteiger partial charge is 0.335 e. The number of carbonyl (C=O) groups excluding carboxylic acids is 1. The molecule has 0 radical (unpaired) electrons. The normalized spacial score (nSPS) is 10.3. The van der Waals surface area contributed by atoms with E-state index in [0.29, 0.717) is 18.7 Å². The van der Waals surface area contributed by atoms with Crippen molar-refractivity contribution in [3.05, 3.63) is 52.9 Å². The molecule has 0 spiro atoms. The van der Waals surface area contributed by atoms with E-state index in [-0.39, 0.29) is 11.5 Å². The third-order valence-corrected chi connectivity index (χ3v) is 4.88. The number of carbonyl (C=O) groups is 2. The molecule has 110 valence electrons. The average Bonchev–Trinajstić information content (AvgIpc) is 2.99. The monoisotopic (exact) mass is 321 g/mol. The van der Waals surface area contributed by atoms with Crippen molar-refractivity contribution < 1.29 is 14.7 Å². The van der Waals surface area contributed by atoms with Gasteiger partial charge in [-0.3, -0.25) is 4.79 Å². The second kappa shape index (κ2) is 7.85. The summed E-state index contributed by atoms with van der Waals surface area (Å²) < 4.78 is 1.12. The Balaban J connectivity index is 1.72. The van der Waals surface area contributed by atoms with Gasteiger partial charge in [0, 0.05) is 6.54 Å². The van der Waals surface area contributed by atoms with Gasteiger partial charge in [-0.05, 0) is 35.6 Å². The Hall–Kier alpha value is -1.79. The number of hydrogen-bond acceptors (Lipinski definition) is 4. The predicted octanol–water partition coefficient (Wildman–Crippen LogP) is 2.90. The fourth-order valence-electron chi connectivity index (χ4n) is 1.74. The first-order valence-electron chi connectivity index (χ1n) is 6.40. The first-order valence-corrected chi connectivity index (χ1v) is 8.27. The number of amides is 1. The van der Waals surface area contributed by atoms with Gasteiger partial charge in [-0.1, -0.05) is 18.2 Å². The first-order chi connectivity index (χ1) is 10.1. The van der Waals surface area contributed by atoms with Gasteiger partial charge in [0.05, 0.1) is 15.5 Å². The number of thioether (sulfide) groups is 1. The molecule has 1 aromatic carbocycles. The fraction of sp³-hybridized carbons (Fsp3) is 0.200. The maximum absolute atomic E-state index is 11.7. The minimum Gasteiger partial charge on any atom is -0.478 e. The number of carboxylic acids is 1. The number of nitrogens with one attached hydrogen (secondary N) is 1. The van der Waals surface area contributed by atoms with Crippen LogP contribution in [0.5, 0.6) is 0 Å². The van der Waals surface area contributed by atoms with E-state index in [1.54, 1.807) is 29.5 Å². The average molecular weight is 321 g/mol. The second-order valence-electron chi connectivity index (χ2n) is 4.33. The van der Waals surface area contributed by atoms with Crippen LogP contribution in [-0.2, 0) is 11.2 Å². The maximum atomic E-state index is 11.7.